The highest BCUT2D eigenvalue weighted by Crippen LogP contribution is 2.35. The molecule has 0 radical (unpaired) electrons. The molecule has 6 unspecified atom stereocenters. The van der Waals surface area contributed by atoms with E-state index in [2.05, 4.69) is 60.9 Å². The summed E-state index contributed by atoms with van der Waals surface area (Å²) in [7, 11) is 2.29. The lowest BCUT2D eigenvalue weighted by molar-refractivity contribution is -0.906. The number of carbonyl (C=O) groups is 1. The van der Waals surface area contributed by atoms with E-state index in [1.54, 1.807) is 0 Å². The van der Waals surface area contributed by atoms with Gasteiger partial charge in [-0.2, -0.15) is 0 Å². The molecule has 8 nitrogen and oxygen atoms in total. The van der Waals surface area contributed by atoms with Crippen molar-refractivity contribution < 1.29 is 18.2 Å². The van der Waals surface area contributed by atoms with Crippen LogP contribution in [0.3, 0.4) is 0 Å². The van der Waals surface area contributed by atoms with E-state index in [4.69, 9.17) is 11.5 Å². The number of nitrogens with one attached hydrogen (secondary N) is 2. The predicted octanol–water partition coefficient (Wildman–Crippen LogP) is 2.57. The molecule has 1 fully saturated rings. The minimum absolute atomic E-state index is 0.0253. The number of nitrogens with zero attached hydrogens (tertiary/aromatic N) is 3. The van der Waals surface area contributed by atoms with Gasteiger partial charge in [0.05, 0.1) is 26.3 Å². The lowest BCUT2D eigenvalue weighted by Crippen LogP contribution is -2.62. The number of alkyl halides is 1. The van der Waals surface area contributed by atoms with Gasteiger partial charge in [-0.1, -0.05) is 27.2 Å². The molecule has 40 heavy (non-hydrogen) atoms. The highest BCUT2D eigenvalue weighted by Gasteiger charge is 2.43. The molecule has 230 valence electrons. The highest BCUT2D eigenvalue weighted by molar-refractivity contribution is 6.03. The smallest absolute Gasteiger partial charge is 0.237 e. The minimum Gasteiger partial charge on any atom is -0.372 e. The van der Waals surface area contributed by atoms with Crippen molar-refractivity contribution in [1.82, 2.24) is 15.5 Å². The Morgan fingerprint density at radius 2 is 2.05 bits per heavy atom. The van der Waals surface area contributed by atoms with Gasteiger partial charge in [0.15, 0.2) is 18.4 Å². The number of quaternary nitrogens is 1. The molecule has 3 aliphatic heterocycles. The van der Waals surface area contributed by atoms with Gasteiger partial charge >= 0.3 is 0 Å². The largest absolute Gasteiger partial charge is 0.372 e. The van der Waals surface area contributed by atoms with E-state index in [9.17, 15) is 4.79 Å². The summed E-state index contributed by atoms with van der Waals surface area (Å²) in [5.41, 5.74) is 15.0. The summed E-state index contributed by atoms with van der Waals surface area (Å²) in [5.74, 6) is -0.825. The van der Waals surface area contributed by atoms with Gasteiger partial charge in [0, 0.05) is 37.8 Å². The van der Waals surface area contributed by atoms with Crippen molar-refractivity contribution in [2.75, 3.05) is 59.4 Å². The fraction of sp³-hybridized carbons (Fsp3) is 0.871. The van der Waals surface area contributed by atoms with E-state index in [-0.39, 0.29) is 17.4 Å². The molecule has 0 spiro atoms. The van der Waals surface area contributed by atoms with Gasteiger partial charge in [-0.05, 0) is 57.4 Å². The zero-order chi connectivity index (χ0) is 29.5. The van der Waals surface area contributed by atoms with Crippen LogP contribution in [0, 0.1) is 11.3 Å². The van der Waals surface area contributed by atoms with E-state index in [0.717, 1.165) is 81.6 Å². The van der Waals surface area contributed by atoms with Crippen LogP contribution >= 0.6 is 0 Å². The second-order valence-corrected chi connectivity index (χ2v) is 13.4. The number of hydrogen-bond acceptors (Lipinski definition) is 5. The molecular weight excluding hydrogens is 505 g/mol. The molecule has 3 heterocycles. The summed E-state index contributed by atoms with van der Waals surface area (Å²) in [6, 6.07) is 0.362. The molecular formula is C31H60FN7O+2. The molecule has 1 amide bonds. The summed E-state index contributed by atoms with van der Waals surface area (Å²) in [6.45, 7) is 17.6. The first-order chi connectivity index (χ1) is 18.9. The molecule has 0 bridgehead atoms. The average Bonchev–Trinajstić information content (AvgIpc) is 3.07. The Labute approximate surface area is 243 Å². The molecule has 0 aromatic rings. The Hall–Kier alpha value is -1.55. The number of rotatable bonds is 9. The van der Waals surface area contributed by atoms with Crippen molar-refractivity contribution in [1.29, 1.82) is 0 Å². The topological polar surface area (TPSA) is 99.4 Å². The van der Waals surface area contributed by atoms with Crippen LogP contribution in [0.25, 0.3) is 0 Å². The summed E-state index contributed by atoms with van der Waals surface area (Å²) in [4.78, 5) is 16.8. The Morgan fingerprint density at radius 3 is 2.70 bits per heavy atom. The number of hydrogen-bond donors (Lipinski definition) is 4. The van der Waals surface area contributed by atoms with Gasteiger partial charge in [0.1, 0.15) is 25.0 Å². The third-order valence-corrected chi connectivity index (χ3v) is 9.87. The molecule has 0 saturated carbocycles. The lowest BCUT2D eigenvalue weighted by atomic mass is 9.75. The van der Waals surface area contributed by atoms with Gasteiger partial charge in [0.2, 0.25) is 5.91 Å². The predicted molar refractivity (Wildman–Crippen MR) is 163 cm³/mol. The van der Waals surface area contributed by atoms with Crippen LogP contribution in [0.4, 0.5) is 4.39 Å². The maximum atomic E-state index is 15.0. The standard InChI is InChI=1S/C31H59FN7O/c1-7-18-39(6)19-13-26(38-16-12-23(4)35-15-17-38)25(22-39)36-30(40)28(29(33)34)27-20-31(5,8-2)14-10-11-24(32)21-37(27)9-3/h13,23-25,28-29,35H,7-12,14-22,33-34H2,1-6H3/q+1/p+1. The number of amides is 1. The molecule has 9 heteroatoms. The van der Waals surface area contributed by atoms with Crippen LogP contribution in [-0.4, -0.2) is 109 Å². The summed E-state index contributed by atoms with van der Waals surface area (Å²) in [5, 5.41) is 7.05. The van der Waals surface area contributed by atoms with E-state index in [1.807, 2.05) is 6.92 Å². The van der Waals surface area contributed by atoms with Crippen molar-refractivity contribution in [3.05, 3.63) is 11.8 Å². The number of halogens is 1. The summed E-state index contributed by atoms with van der Waals surface area (Å²) >= 11 is 0. The van der Waals surface area contributed by atoms with E-state index < -0.39 is 18.3 Å². The summed E-state index contributed by atoms with van der Waals surface area (Å²) in [6.07, 6.45) is 6.74. The quantitative estimate of drug-likeness (QED) is 0.196. The second-order valence-electron chi connectivity index (χ2n) is 13.4. The first-order valence-corrected chi connectivity index (χ1v) is 16.0. The first-order valence-electron chi connectivity index (χ1n) is 16.0. The SMILES string of the molecule is CCC[N+]1(C)CC=C(N2CCNC(C)CC2)C(NC(=O)C(C2=[N+](CC)CC(F)CCCC(C)(CC)C2)C(N)N)C1. The van der Waals surface area contributed by atoms with Crippen molar-refractivity contribution >= 4 is 11.6 Å². The first kappa shape index (κ1) is 33.0. The Balaban J connectivity index is 1.97. The molecule has 0 aromatic heterocycles. The van der Waals surface area contributed by atoms with Crippen LogP contribution in [-0.2, 0) is 4.79 Å². The Bertz CT molecular complexity index is 908. The number of carbonyl (C=O) groups excluding carboxylic acids is 1. The summed E-state index contributed by atoms with van der Waals surface area (Å²) < 4.78 is 18.0. The molecule has 0 aliphatic carbocycles. The van der Waals surface area contributed by atoms with Gasteiger partial charge in [-0.25, -0.2) is 8.97 Å². The van der Waals surface area contributed by atoms with Gasteiger partial charge in [0.25, 0.3) is 0 Å². The zero-order valence-electron chi connectivity index (χ0n) is 26.4. The van der Waals surface area contributed by atoms with Crippen molar-refractivity contribution in [3.63, 3.8) is 0 Å². The average molecular weight is 566 g/mol. The molecule has 0 aromatic carbocycles. The van der Waals surface area contributed by atoms with Crippen LogP contribution in [0.2, 0.25) is 0 Å². The van der Waals surface area contributed by atoms with Crippen LogP contribution in [0.5, 0.6) is 0 Å². The molecule has 6 atom stereocenters. The van der Waals surface area contributed by atoms with E-state index >= 15 is 4.39 Å². The third kappa shape index (κ3) is 8.49. The van der Waals surface area contributed by atoms with Crippen LogP contribution < -0.4 is 22.1 Å². The van der Waals surface area contributed by atoms with E-state index in [1.165, 1.54) is 5.70 Å². The second kappa shape index (κ2) is 14.6. The lowest BCUT2D eigenvalue weighted by Gasteiger charge is -2.44. The zero-order valence-corrected chi connectivity index (χ0v) is 26.4. The van der Waals surface area contributed by atoms with Crippen LogP contribution in [0.1, 0.15) is 79.6 Å². The van der Waals surface area contributed by atoms with Crippen molar-refractivity contribution in [2.24, 2.45) is 22.8 Å². The maximum Gasteiger partial charge on any atom is 0.237 e. The van der Waals surface area contributed by atoms with Gasteiger partial charge < -0.3 is 31.5 Å². The van der Waals surface area contributed by atoms with Crippen molar-refractivity contribution in [3.8, 4) is 0 Å². The van der Waals surface area contributed by atoms with Crippen LogP contribution in [0.15, 0.2) is 11.8 Å². The van der Waals surface area contributed by atoms with Gasteiger partial charge in [-0.3, -0.25) is 4.79 Å². The highest BCUT2D eigenvalue weighted by atomic mass is 19.1. The molecule has 3 rings (SSSR count). The number of nitrogens with two attached hydrogens (primary N) is 2. The van der Waals surface area contributed by atoms with Gasteiger partial charge in [-0.15, -0.1) is 0 Å². The fourth-order valence-electron chi connectivity index (χ4n) is 7.11. The maximum absolute atomic E-state index is 15.0. The monoisotopic (exact) mass is 565 g/mol. The molecule has 1 saturated heterocycles. The Kier molecular flexibility index (Phi) is 12.0. The Morgan fingerprint density at radius 1 is 1.30 bits per heavy atom. The fourth-order valence-corrected chi connectivity index (χ4v) is 7.11. The molecule has 6 N–H and O–H groups in total. The minimum atomic E-state index is -0.925. The number of likely N-dealkylation sites (N-methyl/N-ethyl adjacent to an activating group) is 1. The normalized spacial score (nSPS) is 33.5. The molecule has 3 aliphatic rings. The third-order valence-electron chi connectivity index (χ3n) is 9.87. The van der Waals surface area contributed by atoms with E-state index in [0.29, 0.717) is 32.0 Å². The van der Waals surface area contributed by atoms with Crippen molar-refractivity contribution in [2.45, 2.75) is 104 Å².